The fourth-order valence-electron chi connectivity index (χ4n) is 1.52. The van der Waals surface area contributed by atoms with Crippen LogP contribution in [-0.2, 0) is 9.53 Å². The minimum atomic E-state index is -0.832. The fourth-order valence-corrected chi connectivity index (χ4v) is 1.52. The van der Waals surface area contributed by atoms with E-state index in [1.54, 1.807) is 16.9 Å². The number of carbonyl (C=O) groups excluding carboxylic acids is 1. The Labute approximate surface area is 104 Å². The van der Waals surface area contributed by atoms with Crippen molar-refractivity contribution in [1.29, 1.82) is 0 Å². The summed E-state index contributed by atoms with van der Waals surface area (Å²) in [5, 5.41) is 4.23. The van der Waals surface area contributed by atoms with E-state index in [0.29, 0.717) is 5.88 Å². The number of methoxy groups -OCH3 is 1. The van der Waals surface area contributed by atoms with E-state index in [1.807, 2.05) is 13.0 Å². The third-order valence-electron chi connectivity index (χ3n) is 2.38. The molecule has 7 heteroatoms. The molecule has 0 aromatic carbocycles. The van der Waals surface area contributed by atoms with E-state index in [0.717, 1.165) is 11.2 Å². The maximum absolute atomic E-state index is 11.1. The van der Waals surface area contributed by atoms with Crippen molar-refractivity contribution < 1.29 is 14.3 Å². The van der Waals surface area contributed by atoms with Crippen LogP contribution in [0.3, 0.4) is 0 Å². The Bertz CT molecular complexity index is 566. The predicted octanol–water partition coefficient (Wildman–Crippen LogP) is -0.0832. The summed E-state index contributed by atoms with van der Waals surface area (Å²) in [7, 11) is 1.28. The van der Waals surface area contributed by atoms with E-state index in [4.69, 9.17) is 10.5 Å². The Morgan fingerprint density at radius 2 is 2.39 bits per heavy atom. The number of esters is 1. The number of nitrogens with two attached hydrogens (primary N) is 1. The number of nitrogens with zero attached hydrogens (tertiary/aromatic N) is 3. The van der Waals surface area contributed by atoms with Crippen LogP contribution >= 0.6 is 0 Å². The molecule has 7 nitrogen and oxygen atoms in total. The third-order valence-corrected chi connectivity index (χ3v) is 2.38. The number of rotatable bonds is 4. The average molecular weight is 250 g/mol. The first-order chi connectivity index (χ1) is 8.61. The number of ether oxygens (including phenoxy) is 2. The highest BCUT2D eigenvalue weighted by molar-refractivity contribution is 5.75. The van der Waals surface area contributed by atoms with Crippen molar-refractivity contribution in [3.05, 3.63) is 24.2 Å². The van der Waals surface area contributed by atoms with Crippen molar-refractivity contribution in [2.45, 2.75) is 13.0 Å². The van der Waals surface area contributed by atoms with E-state index < -0.39 is 12.0 Å². The number of fused-ring (bicyclic) bond motifs is 1. The molecule has 1 unspecified atom stereocenters. The molecule has 1 atom stereocenters. The number of aromatic nitrogens is 3. The zero-order valence-electron chi connectivity index (χ0n) is 10.2. The maximum Gasteiger partial charge on any atom is 0.326 e. The van der Waals surface area contributed by atoms with Gasteiger partial charge in [-0.25, -0.2) is 9.50 Å². The molecular formula is C11H14N4O3. The van der Waals surface area contributed by atoms with Crippen molar-refractivity contribution >= 4 is 11.5 Å². The summed E-state index contributed by atoms with van der Waals surface area (Å²) in [6.07, 6.45) is 3.29. The molecule has 2 aromatic heterocycles. The van der Waals surface area contributed by atoms with Gasteiger partial charge in [-0.1, -0.05) is 0 Å². The topological polar surface area (TPSA) is 91.7 Å². The molecule has 2 heterocycles. The van der Waals surface area contributed by atoms with Gasteiger partial charge in [-0.3, -0.25) is 4.79 Å². The van der Waals surface area contributed by atoms with Gasteiger partial charge in [0.05, 0.1) is 12.8 Å². The molecule has 2 aromatic rings. The lowest BCUT2D eigenvalue weighted by Crippen LogP contribution is -2.37. The number of hydrogen-bond donors (Lipinski definition) is 1. The van der Waals surface area contributed by atoms with Gasteiger partial charge >= 0.3 is 5.97 Å². The molecule has 2 rings (SSSR count). The molecule has 0 fully saturated rings. The van der Waals surface area contributed by atoms with Crippen molar-refractivity contribution in [2.24, 2.45) is 5.73 Å². The Balaban J connectivity index is 2.14. The predicted molar refractivity (Wildman–Crippen MR) is 63.2 cm³/mol. The molecule has 0 aliphatic carbocycles. The summed E-state index contributed by atoms with van der Waals surface area (Å²) < 4.78 is 11.6. The Morgan fingerprint density at radius 3 is 3.11 bits per heavy atom. The molecule has 0 aliphatic heterocycles. The third kappa shape index (κ3) is 2.40. The van der Waals surface area contributed by atoms with E-state index in [1.165, 1.54) is 7.11 Å². The maximum atomic E-state index is 11.1. The molecule has 0 aliphatic rings. The Hall–Kier alpha value is -2.15. The minimum absolute atomic E-state index is 0.00355. The zero-order chi connectivity index (χ0) is 13.1. The first-order valence-corrected chi connectivity index (χ1v) is 5.39. The van der Waals surface area contributed by atoms with Crippen molar-refractivity contribution in [2.75, 3.05) is 13.7 Å². The molecule has 0 spiro atoms. The van der Waals surface area contributed by atoms with Crippen LogP contribution in [0.15, 0.2) is 18.5 Å². The molecule has 18 heavy (non-hydrogen) atoms. The smallest absolute Gasteiger partial charge is 0.326 e. The lowest BCUT2D eigenvalue weighted by Gasteiger charge is -2.10. The Morgan fingerprint density at radius 1 is 1.61 bits per heavy atom. The molecule has 0 radical (unpaired) electrons. The first kappa shape index (κ1) is 12.3. The number of carbonyl (C=O) groups is 1. The van der Waals surface area contributed by atoms with Crippen molar-refractivity contribution in [3.63, 3.8) is 0 Å². The SMILES string of the molecule is COC(=O)C(N)COc1nccn2nc(C)cc12. The van der Waals surface area contributed by atoms with Crippen LogP contribution in [-0.4, -0.2) is 40.3 Å². The van der Waals surface area contributed by atoms with E-state index in [9.17, 15) is 4.79 Å². The van der Waals surface area contributed by atoms with Gasteiger partial charge in [0.15, 0.2) is 0 Å². The van der Waals surface area contributed by atoms with Gasteiger partial charge in [0, 0.05) is 12.4 Å². The number of hydrogen-bond acceptors (Lipinski definition) is 6. The summed E-state index contributed by atoms with van der Waals surface area (Å²) in [6, 6.07) is 1.01. The van der Waals surface area contributed by atoms with Crippen LogP contribution in [0.4, 0.5) is 0 Å². The summed E-state index contributed by atoms with van der Waals surface area (Å²) in [5.41, 5.74) is 7.16. The molecular weight excluding hydrogens is 236 g/mol. The number of aryl methyl sites for hydroxylation is 1. The standard InChI is InChI=1S/C11H14N4O3/c1-7-5-9-10(13-3-4-15(9)14-7)18-6-8(12)11(16)17-2/h3-5,8H,6,12H2,1-2H3. The molecule has 0 saturated carbocycles. The van der Waals surface area contributed by atoms with E-state index >= 15 is 0 Å². The van der Waals surface area contributed by atoms with Crippen LogP contribution in [0.25, 0.3) is 5.52 Å². The summed E-state index contributed by atoms with van der Waals surface area (Å²) in [4.78, 5) is 15.2. The highest BCUT2D eigenvalue weighted by Crippen LogP contribution is 2.16. The van der Waals surface area contributed by atoms with Gasteiger partial charge in [0.2, 0.25) is 5.88 Å². The second kappa shape index (κ2) is 5.01. The summed E-state index contributed by atoms with van der Waals surface area (Å²) in [5.74, 6) is -0.135. The van der Waals surface area contributed by atoms with Gasteiger partial charge in [-0.05, 0) is 13.0 Å². The van der Waals surface area contributed by atoms with Crippen molar-refractivity contribution in [3.8, 4) is 5.88 Å². The molecule has 0 saturated heterocycles. The quantitative estimate of drug-likeness (QED) is 0.763. The highest BCUT2D eigenvalue weighted by atomic mass is 16.5. The van der Waals surface area contributed by atoms with Crippen LogP contribution in [0.5, 0.6) is 5.88 Å². The van der Waals surface area contributed by atoms with Crippen LogP contribution in [0.2, 0.25) is 0 Å². The highest BCUT2D eigenvalue weighted by Gasteiger charge is 2.16. The zero-order valence-corrected chi connectivity index (χ0v) is 10.2. The van der Waals surface area contributed by atoms with Gasteiger partial charge < -0.3 is 15.2 Å². The monoisotopic (exact) mass is 250 g/mol. The minimum Gasteiger partial charge on any atom is -0.474 e. The molecule has 0 bridgehead atoms. The Kier molecular flexibility index (Phi) is 3.42. The largest absolute Gasteiger partial charge is 0.474 e. The first-order valence-electron chi connectivity index (χ1n) is 5.39. The van der Waals surface area contributed by atoms with Gasteiger partial charge in [-0.15, -0.1) is 0 Å². The second-order valence-corrected chi connectivity index (χ2v) is 3.79. The summed E-state index contributed by atoms with van der Waals surface area (Å²) in [6.45, 7) is 1.88. The van der Waals surface area contributed by atoms with Crippen LogP contribution < -0.4 is 10.5 Å². The van der Waals surface area contributed by atoms with E-state index in [2.05, 4.69) is 14.8 Å². The second-order valence-electron chi connectivity index (χ2n) is 3.79. The molecule has 2 N–H and O–H groups in total. The lowest BCUT2D eigenvalue weighted by atomic mass is 10.3. The van der Waals surface area contributed by atoms with Gasteiger partial charge in [0.1, 0.15) is 18.2 Å². The van der Waals surface area contributed by atoms with E-state index in [-0.39, 0.29) is 6.61 Å². The fraction of sp³-hybridized carbons (Fsp3) is 0.364. The van der Waals surface area contributed by atoms with Crippen LogP contribution in [0, 0.1) is 6.92 Å². The van der Waals surface area contributed by atoms with Crippen molar-refractivity contribution in [1.82, 2.24) is 14.6 Å². The van der Waals surface area contributed by atoms with Gasteiger partial charge in [-0.2, -0.15) is 5.10 Å². The normalized spacial score (nSPS) is 12.4. The summed E-state index contributed by atoms with van der Waals surface area (Å²) >= 11 is 0. The average Bonchev–Trinajstić information content (AvgIpc) is 2.75. The lowest BCUT2D eigenvalue weighted by molar-refractivity contribution is -0.142. The van der Waals surface area contributed by atoms with Gasteiger partial charge in [0.25, 0.3) is 0 Å². The molecule has 0 amide bonds. The van der Waals surface area contributed by atoms with Crippen LogP contribution in [0.1, 0.15) is 5.69 Å². The molecule has 96 valence electrons.